The second-order valence-electron chi connectivity index (χ2n) is 5.13. The van der Waals surface area contributed by atoms with Gasteiger partial charge in [0.15, 0.2) is 0 Å². The first kappa shape index (κ1) is 15.6. The monoisotopic (exact) mass is 298 g/mol. The molecule has 1 atom stereocenters. The topological polar surface area (TPSA) is 32.3 Å². The maximum Gasteiger partial charge on any atom is 0.416 e. The van der Waals surface area contributed by atoms with Crippen molar-refractivity contribution < 1.29 is 18.0 Å². The highest BCUT2D eigenvalue weighted by atomic mass is 19.4. The van der Waals surface area contributed by atoms with Gasteiger partial charge in [0.2, 0.25) is 5.91 Å². The molecule has 0 saturated carbocycles. The van der Waals surface area contributed by atoms with Crippen molar-refractivity contribution >= 4 is 5.91 Å². The van der Waals surface area contributed by atoms with Crippen LogP contribution in [-0.2, 0) is 17.5 Å². The van der Waals surface area contributed by atoms with Crippen molar-refractivity contribution in [3.63, 3.8) is 0 Å². The molecule has 1 fully saturated rings. The molecule has 3 nitrogen and oxygen atoms in total. The number of carbonyl (C=O) groups is 1. The Bertz CT molecular complexity index is 511. The molecule has 114 valence electrons. The summed E-state index contributed by atoms with van der Waals surface area (Å²) < 4.78 is 37.4. The summed E-state index contributed by atoms with van der Waals surface area (Å²) in [6.45, 7) is 5.49. The van der Waals surface area contributed by atoms with Crippen LogP contribution in [0, 0.1) is 0 Å². The Morgan fingerprint density at radius 3 is 2.62 bits per heavy atom. The summed E-state index contributed by atoms with van der Waals surface area (Å²) in [6, 6.07) is 5.27. The van der Waals surface area contributed by atoms with Gasteiger partial charge in [0.1, 0.15) is 0 Å². The minimum absolute atomic E-state index is 0.0740. The molecule has 1 saturated heterocycles. The standard InChI is InChI=1S/C15H17F3N2O/c1-2-14(21)19-13-7-8-20(10-13)9-11-3-5-12(6-4-11)15(16,17)18/h2-6,13H,1,7-10H2,(H,19,21)/t13-/m1/s1. The van der Waals surface area contributed by atoms with Crippen LogP contribution in [0.3, 0.4) is 0 Å². The van der Waals surface area contributed by atoms with Crippen LogP contribution in [0.4, 0.5) is 13.2 Å². The Morgan fingerprint density at radius 1 is 1.38 bits per heavy atom. The molecular weight excluding hydrogens is 281 g/mol. The van der Waals surface area contributed by atoms with Crippen LogP contribution in [0.5, 0.6) is 0 Å². The smallest absolute Gasteiger partial charge is 0.349 e. The molecule has 6 heteroatoms. The summed E-state index contributed by atoms with van der Waals surface area (Å²) in [4.78, 5) is 13.3. The van der Waals surface area contributed by atoms with E-state index in [1.807, 2.05) is 0 Å². The summed E-state index contributed by atoms with van der Waals surface area (Å²) in [5.41, 5.74) is 0.197. The molecule has 1 N–H and O–H groups in total. The first-order valence-corrected chi connectivity index (χ1v) is 6.70. The van der Waals surface area contributed by atoms with Crippen LogP contribution >= 0.6 is 0 Å². The third-order valence-electron chi connectivity index (χ3n) is 3.49. The summed E-state index contributed by atoms with van der Waals surface area (Å²) in [5.74, 6) is -0.198. The lowest BCUT2D eigenvalue weighted by Crippen LogP contribution is -2.35. The molecule has 0 aromatic heterocycles. The van der Waals surface area contributed by atoms with E-state index >= 15 is 0 Å². The maximum atomic E-state index is 12.5. The highest BCUT2D eigenvalue weighted by Gasteiger charge is 2.30. The van der Waals surface area contributed by atoms with Gasteiger partial charge in [0, 0.05) is 25.7 Å². The molecule has 1 aromatic rings. The molecule has 0 spiro atoms. The van der Waals surface area contributed by atoms with E-state index in [0.29, 0.717) is 13.1 Å². The van der Waals surface area contributed by atoms with E-state index in [9.17, 15) is 18.0 Å². The van der Waals surface area contributed by atoms with Crippen molar-refractivity contribution in [1.29, 1.82) is 0 Å². The molecule has 1 amide bonds. The number of amides is 1. The van der Waals surface area contributed by atoms with Crippen molar-refractivity contribution in [2.75, 3.05) is 13.1 Å². The quantitative estimate of drug-likeness (QED) is 0.867. The molecule has 0 unspecified atom stereocenters. The van der Waals surface area contributed by atoms with Crippen molar-refractivity contribution in [2.24, 2.45) is 0 Å². The Kier molecular flexibility index (Phi) is 4.67. The van der Waals surface area contributed by atoms with Crippen LogP contribution in [0.15, 0.2) is 36.9 Å². The van der Waals surface area contributed by atoms with Gasteiger partial charge in [-0.05, 0) is 30.2 Å². The molecule has 21 heavy (non-hydrogen) atoms. The molecule has 1 heterocycles. The number of alkyl halides is 3. The van der Waals surface area contributed by atoms with E-state index in [2.05, 4.69) is 16.8 Å². The summed E-state index contributed by atoms with van der Waals surface area (Å²) in [5, 5.41) is 2.83. The molecule has 0 aliphatic carbocycles. The number of hydrogen-bond donors (Lipinski definition) is 1. The Labute approximate surface area is 121 Å². The van der Waals surface area contributed by atoms with Gasteiger partial charge in [-0.1, -0.05) is 18.7 Å². The van der Waals surface area contributed by atoms with E-state index in [1.54, 1.807) is 0 Å². The van der Waals surface area contributed by atoms with Crippen molar-refractivity contribution in [3.05, 3.63) is 48.0 Å². The van der Waals surface area contributed by atoms with E-state index < -0.39 is 11.7 Å². The largest absolute Gasteiger partial charge is 0.416 e. The second kappa shape index (κ2) is 6.30. The number of halogens is 3. The molecule has 0 bridgehead atoms. The van der Waals surface area contributed by atoms with Crippen molar-refractivity contribution in [2.45, 2.75) is 25.2 Å². The Hall–Kier alpha value is -1.82. The fraction of sp³-hybridized carbons (Fsp3) is 0.400. The van der Waals surface area contributed by atoms with Gasteiger partial charge in [-0.2, -0.15) is 13.2 Å². The maximum absolute atomic E-state index is 12.5. The van der Waals surface area contributed by atoms with Crippen LogP contribution in [-0.4, -0.2) is 29.9 Å². The van der Waals surface area contributed by atoms with Gasteiger partial charge in [-0.15, -0.1) is 0 Å². The zero-order valence-electron chi connectivity index (χ0n) is 11.5. The Balaban J connectivity index is 1.88. The molecular formula is C15H17F3N2O. The van der Waals surface area contributed by atoms with Crippen LogP contribution in [0.25, 0.3) is 0 Å². The van der Waals surface area contributed by atoms with Gasteiger partial charge in [0.25, 0.3) is 0 Å². The van der Waals surface area contributed by atoms with E-state index in [0.717, 1.165) is 30.7 Å². The Morgan fingerprint density at radius 2 is 2.05 bits per heavy atom. The van der Waals surface area contributed by atoms with Crippen molar-refractivity contribution in [3.8, 4) is 0 Å². The lowest BCUT2D eigenvalue weighted by atomic mass is 10.1. The number of benzene rings is 1. The number of likely N-dealkylation sites (tertiary alicyclic amines) is 1. The SMILES string of the molecule is C=CC(=O)N[C@@H]1CCN(Cc2ccc(C(F)(F)F)cc2)C1. The highest BCUT2D eigenvalue weighted by Crippen LogP contribution is 2.29. The van der Waals surface area contributed by atoms with Gasteiger partial charge in [0.05, 0.1) is 5.56 Å². The minimum Gasteiger partial charge on any atom is -0.349 e. The average molecular weight is 298 g/mol. The van der Waals surface area contributed by atoms with E-state index in [1.165, 1.54) is 18.2 Å². The number of rotatable bonds is 4. The number of nitrogens with one attached hydrogen (secondary N) is 1. The molecule has 1 aliphatic heterocycles. The van der Waals surface area contributed by atoms with Gasteiger partial charge in [-0.3, -0.25) is 9.69 Å². The van der Waals surface area contributed by atoms with Gasteiger partial charge < -0.3 is 5.32 Å². The average Bonchev–Trinajstić information content (AvgIpc) is 2.85. The third-order valence-corrected chi connectivity index (χ3v) is 3.49. The normalized spacial score (nSPS) is 19.5. The summed E-state index contributed by atoms with van der Waals surface area (Å²) in [6.07, 6.45) is -2.23. The van der Waals surface area contributed by atoms with Crippen LogP contribution < -0.4 is 5.32 Å². The first-order valence-electron chi connectivity index (χ1n) is 6.70. The first-order chi connectivity index (χ1) is 9.88. The molecule has 1 aliphatic rings. The molecule has 2 rings (SSSR count). The van der Waals surface area contributed by atoms with Crippen LogP contribution in [0.2, 0.25) is 0 Å². The minimum atomic E-state index is -4.30. The zero-order valence-corrected chi connectivity index (χ0v) is 11.5. The fourth-order valence-corrected chi connectivity index (χ4v) is 2.41. The molecule has 0 radical (unpaired) electrons. The highest BCUT2D eigenvalue weighted by molar-refractivity contribution is 5.87. The molecule has 1 aromatic carbocycles. The lowest BCUT2D eigenvalue weighted by molar-refractivity contribution is -0.137. The predicted octanol–water partition coefficient (Wildman–Crippen LogP) is 2.58. The van der Waals surface area contributed by atoms with Crippen LogP contribution in [0.1, 0.15) is 17.5 Å². The zero-order chi connectivity index (χ0) is 15.5. The summed E-state index contributed by atoms with van der Waals surface area (Å²) in [7, 11) is 0. The number of nitrogens with zero attached hydrogens (tertiary/aromatic N) is 1. The number of carbonyl (C=O) groups excluding carboxylic acids is 1. The number of hydrogen-bond acceptors (Lipinski definition) is 2. The van der Waals surface area contributed by atoms with E-state index in [4.69, 9.17) is 0 Å². The summed E-state index contributed by atoms with van der Waals surface area (Å²) >= 11 is 0. The predicted molar refractivity (Wildman–Crippen MR) is 73.5 cm³/mol. The lowest BCUT2D eigenvalue weighted by Gasteiger charge is -2.17. The van der Waals surface area contributed by atoms with Gasteiger partial charge >= 0.3 is 6.18 Å². The van der Waals surface area contributed by atoms with Crippen molar-refractivity contribution in [1.82, 2.24) is 10.2 Å². The second-order valence-corrected chi connectivity index (χ2v) is 5.13. The van der Waals surface area contributed by atoms with E-state index in [-0.39, 0.29) is 11.9 Å². The van der Waals surface area contributed by atoms with Gasteiger partial charge in [-0.25, -0.2) is 0 Å². The fourth-order valence-electron chi connectivity index (χ4n) is 2.41. The third kappa shape index (κ3) is 4.32.